The SMILES string of the molecule is CCCC(C)C(=O)NC(C)c1ccc(CN)cc1. The zero-order chi connectivity index (χ0) is 13.5. The minimum Gasteiger partial charge on any atom is -0.349 e. The van der Waals surface area contributed by atoms with E-state index < -0.39 is 0 Å². The number of amides is 1. The molecule has 0 spiro atoms. The lowest BCUT2D eigenvalue weighted by atomic mass is 10.0. The number of rotatable bonds is 6. The van der Waals surface area contributed by atoms with Crippen LogP contribution in [0, 0.1) is 5.92 Å². The summed E-state index contributed by atoms with van der Waals surface area (Å²) in [6.45, 7) is 6.63. The molecule has 1 aromatic rings. The Morgan fingerprint density at radius 2 is 1.89 bits per heavy atom. The van der Waals surface area contributed by atoms with E-state index in [1.807, 2.05) is 38.1 Å². The van der Waals surface area contributed by atoms with Gasteiger partial charge in [0.05, 0.1) is 6.04 Å². The van der Waals surface area contributed by atoms with E-state index in [1.165, 1.54) is 0 Å². The first kappa shape index (κ1) is 14.7. The average Bonchev–Trinajstić information content (AvgIpc) is 2.39. The second-order valence-corrected chi connectivity index (χ2v) is 4.87. The molecule has 18 heavy (non-hydrogen) atoms. The molecule has 1 aromatic carbocycles. The van der Waals surface area contributed by atoms with Gasteiger partial charge in [0.1, 0.15) is 0 Å². The fourth-order valence-electron chi connectivity index (χ4n) is 1.95. The summed E-state index contributed by atoms with van der Waals surface area (Å²) in [5.41, 5.74) is 7.78. The van der Waals surface area contributed by atoms with Crippen molar-refractivity contribution in [2.45, 2.75) is 46.2 Å². The van der Waals surface area contributed by atoms with Gasteiger partial charge in [-0.2, -0.15) is 0 Å². The van der Waals surface area contributed by atoms with Crippen molar-refractivity contribution >= 4 is 5.91 Å². The van der Waals surface area contributed by atoms with Gasteiger partial charge in [-0.15, -0.1) is 0 Å². The van der Waals surface area contributed by atoms with E-state index in [0.29, 0.717) is 6.54 Å². The second-order valence-electron chi connectivity index (χ2n) is 4.87. The fourth-order valence-corrected chi connectivity index (χ4v) is 1.95. The molecule has 0 fully saturated rings. The van der Waals surface area contributed by atoms with Crippen LogP contribution in [0.4, 0.5) is 0 Å². The van der Waals surface area contributed by atoms with Gasteiger partial charge in [-0.1, -0.05) is 44.5 Å². The summed E-state index contributed by atoms with van der Waals surface area (Å²) in [5.74, 6) is 0.216. The summed E-state index contributed by atoms with van der Waals surface area (Å²) in [7, 11) is 0. The molecule has 100 valence electrons. The van der Waals surface area contributed by atoms with E-state index in [-0.39, 0.29) is 17.9 Å². The van der Waals surface area contributed by atoms with Crippen molar-refractivity contribution in [2.24, 2.45) is 11.7 Å². The standard InChI is InChI=1S/C15H24N2O/c1-4-5-11(2)15(18)17-12(3)14-8-6-13(10-16)7-9-14/h6-9,11-12H,4-5,10,16H2,1-3H3,(H,17,18). The number of nitrogens with one attached hydrogen (secondary N) is 1. The number of hydrogen-bond donors (Lipinski definition) is 2. The smallest absolute Gasteiger partial charge is 0.223 e. The van der Waals surface area contributed by atoms with Crippen LogP contribution in [0.5, 0.6) is 0 Å². The Hall–Kier alpha value is -1.35. The highest BCUT2D eigenvalue weighted by Gasteiger charge is 2.15. The molecule has 0 aliphatic heterocycles. The summed E-state index contributed by atoms with van der Waals surface area (Å²) in [5, 5.41) is 3.05. The van der Waals surface area contributed by atoms with Crippen molar-refractivity contribution in [2.75, 3.05) is 0 Å². The highest BCUT2D eigenvalue weighted by atomic mass is 16.1. The lowest BCUT2D eigenvalue weighted by molar-refractivity contribution is -0.125. The highest BCUT2D eigenvalue weighted by molar-refractivity contribution is 5.78. The van der Waals surface area contributed by atoms with Gasteiger partial charge in [-0.3, -0.25) is 4.79 Å². The van der Waals surface area contributed by atoms with Crippen LogP contribution in [0.3, 0.4) is 0 Å². The van der Waals surface area contributed by atoms with Crippen molar-refractivity contribution in [3.63, 3.8) is 0 Å². The van der Waals surface area contributed by atoms with Gasteiger partial charge in [0.15, 0.2) is 0 Å². The zero-order valence-electron chi connectivity index (χ0n) is 11.6. The van der Waals surface area contributed by atoms with Gasteiger partial charge < -0.3 is 11.1 Å². The first-order chi connectivity index (χ1) is 8.58. The number of carbonyl (C=O) groups is 1. The van der Waals surface area contributed by atoms with Crippen LogP contribution in [0.1, 0.15) is 50.8 Å². The fraction of sp³-hybridized carbons (Fsp3) is 0.533. The van der Waals surface area contributed by atoms with Crippen LogP contribution in [0.15, 0.2) is 24.3 Å². The summed E-state index contributed by atoms with van der Waals surface area (Å²) in [6.07, 6.45) is 1.97. The van der Waals surface area contributed by atoms with Crippen LogP contribution in [-0.2, 0) is 11.3 Å². The van der Waals surface area contributed by atoms with Crippen LogP contribution in [0.2, 0.25) is 0 Å². The van der Waals surface area contributed by atoms with Gasteiger partial charge in [0, 0.05) is 12.5 Å². The molecule has 0 saturated heterocycles. The normalized spacial score (nSPS) is 14.0. The van der Waals surface area contributed by atoms with Crippen molar-refractivity contribution in [3.05, 3.63) is 35.4 Å². The van der Waals surface area contributed by atoms with E-state index >= 15 is 0 Å². The monoisotopic (exact) mass is 248 g/mol. The third-order valence-corrected chi connectivity index (χ3v) is 3.24. The molecule has 0 saturated carbocycles. The molecule has 3 heteroatoms. The average molecular weight is 248 g/mol. The topological polar surface area (TPSA) is 55.1 Å². The zero-order valence-corrected chi connectivity index (χ0v) is 11.6. The summed E-state index contributed by atoms with van der Waals surface area (Å²) in [6, 6.07) is 8.11. The van der Waals surface area contributed by atoms with E-state index in [0.717, 1.165) is 24.0 Å². The quantitative estimate of drug-likeness (QED) is 0.813. The predicted molar refractivity (Wildman–Crippen MR) is 75.0 cm³/mol. The Morgan fingerprint density at radius 3 is 2.39 bits per heavy atom. The van der Waals surface area contributed by atoms with Crippen LogP contribution in [-0.4, -0.2) is 5.91 Å². The molecule has 3 N–H and O–H groups in total. The van der Waals surface area contributed by atoms with Gasteiger partial charge in [0.2, 0.25) is 5.91 Å². The van der Waals surface area contributed by atoms with Crippen molar-refractivity contribution in [1.29, 1.82) is 0 Å². The van der Waals surface area contributed by atoms with Crippen LogP contribution in [0.25, 0.3) is 0 Å². The predicted octanol–water partition coefficient (Wildman–Crippen LogP) is 2.76. The third-order valence-electron chi connectivity index (χ3n) is 3.24. The second kappa shape index (κ2) is 7.17. The maximum absolute atomic E-state index is 11.9. The van der Waals surface area contributed by atoms with Gasteiger partial charge in [-0.05, 0) is 24.5 Å². The Morgan fingerprint density at radius 1 is 1.28 bits per heavy atom. The van der Waals surface area contributed by atoms with Gasteiger partial charge in [0.25, 0.3) is 0 Å². The molecule has 0 aliphatic rings. The molecule has 2 atom stereocenters. The number of hydrogen-bond acceptors (Lipinski definition) is 2. The van der Waals surface area contributed by atoms with Crippen LogP contribution < -0.4 is 11.1 Å². The Balaban J connectivity index is 2.58. The maximum atomic E-state index is 11.9. The lowest BCUT2D eigenvalue weighted by Crippen LogP contribution is -2.31. The third kappa shape index (κ3) is 4.15. The molecule has 2 unspecified atom stereocenters. The van der Waals surface area contributed by atoms with Crippen molar-refractivity contribution in [3.8, 4) is 0 Å². The highest BCUT2D eigenvalue weighted by Crippen LogP contribution is 2.15. The van der Waals surface area contributed by atoms with Crippen molar-refractivity contribution in [1.82, 2.24) is 5.32 Å². The van der Waals surface area contributed by atoms with E-state index in [4.69, 9.17) is 5.73 Å². The number of benzene rings is 1. The van der Waals surface area contributed by atoms with Gasteiger partial charge >= 0.3 is 0 Å². The number of nitrogens with two attached hydrogens (primary N) is 1. The molecule has 0 aliphatic carbocycles. The minimum atomic E-state index is 0.0450. The van der Waals surface area contributed by atoms with E-state index in [9.17, 15) is 4.79 Å². The maximum Gasteiger partial charge on any atom is 0.223 e. The molecule has 0 heterocycles. The first-order valence-electron chi connectivity index (χ1n) is 6.67. The van der Waals surface area contributed by atoms with E-state index in [2.05, 4.69) is 12.2 Å². The summed E-state index contributed by atoms with van der Waals surface area (Å²) >= 11 is 0. The van der Waals surface area contributed by atoms with Crippen molar-refractivity contribution < 1.29 is 4.79 Å². The molecular weight excluding hydrogens is 224 g/mol. The van der Waals surface area contributed by atoms with Gasteiger partial charge in [-0.25, -0.2) is 0 Å². The molecule has 0 bridgehead atoms. The summed E-state index contributed by atoms with van der Waals surface area (Å²) < 4.78 is 0. The van der Waals surface area contributed by atoms with Crippen LogP contribution >= 0.6 is 0 Å². The number of carbonyl (C=O) groups excluding carboxylic acids is 1. The Kier molecular flexibility index (Phi) is 5.86. The molecule has 3 nitrogen and oxygen atoms in total. The summed E-state index contributed by atoms with van der Waals surface area (Å²) in [4.78, 5) is 11.9. The lowest BCUT2D eigenvalue weighted by Gasteiger charge is -2.18. The minimum absolute atomic E-state index is 0.0450. The Labute approximate surface area is 110 Å². The molecular formula is C15H24N2O. The molecule has 1 amide bonds. The van der Waals surface area contributed by atoms with E-state index in [1.54, 1.807) is 0 Å². The largest absolute Gasteiger partial charge is 0.349 e. The molecule has 0 aromatic heterocycles. The molecule has 1 rings (SSSR count). The first-order valence-corrected chi connectivity index (χ1v) is 6.67. The molecule has 0 radical (unpaired) electrons. The Bertz CT molecular complexity index is 373.